The zero-order chi connectivity index (χ0) is 31.0. The molecule has 1 aliphatic rings. The molecular formula is C32H33N7O4S. The summed E-state index contributed by atoms with van der Waals surface area (Å²) in [6.07, 6.45) is 3.21. The molecule has 1 aliphatic heterocycles. The highest BCUT2D eigenvalue weighted by Crippen LogP contribution is 2.33. The number of sulfonamides is 1. The third kappa shape index (κ3) is 5.57. The highest BCUT2D eigenvalue weighted by Gasteiger charge is 2.34. The molecule has 0 spiro atoms. The number of aromatic nitrogens is 4. The number of rotatable bonds is 9. The van der Waals surface area contributed by atoms with Crippen LogP contribution in [-0.2, 0) is 16.6 Å². The van der Waals surface area contributed by atoms with Gasteiger partial charge in [-0.05, 0) is 75.0 Å². The van der Waals surface area contributed by atoms with Gasteiger partial charge >= 0.3 is 0 Å². The Kier molecular flexibility index (Phi) is 7.94. The summed E-state index contributed by atoms with van der Waals surface area (Å²) in [4.78, 5) is 27.8. The van der Waals surface area contributed by atoms with Gasteiger partial charge in [-0.3, -0.25) is 4.79 Å². The van der Waals surface area contributed by atoms with Crippen molar-refractivity contribution in [2.45, 2.75) is 37.2 Å². The predicted molar refractivity (Wildman–Crippen MR) is 168 cm³/mol. The number of nitriles is 1. The van der Waals surface area contributed by atoms with Crippen LogP contribution in [0.3, 0.4) is 0 Å². The smallest absolute Gasteiger partial charge is 0.259 e. The maximum Gasteiger partial charge on any atom is 0.259 e. The highest BCUT2D eigenvalue weighted by molar-refractivity contribution is 7.89. The number of aromatic amines is 1. The number of likely N-dealkylation sites (N-methyl/N-ethyl adjacent to an activating group) is 1. The summed E-state index contributed by atoms with van der Waals surface area (Å²) in [5.74, 6) is 0.649. The summed E-state index contributed by atoms with van der Waals surface area (Å²) in [6, 6.07) is 17.9. The molecule has 12 heteroatoms. The van der Waals surface area contributed by atoms with Gasteiger partial charge in [-0.1, -0.05) is 19.1 Å². The van der Waals surface area contributed by atoms with E-state index in [1.165, 1.54) is 10.4 Å². The summed E-state index contributed by atoms with van der Waals surface area (Å²) in [7, 11) is 0.122. The van der Waals surface area contributed by atoms with E-state index in [4.69, 9.17) is 9.72 Å². The van der Waals surface area contributed by atoms with Crippen LogP contribution in [0.5, 0.6) is 5.75 Å². The SMILES string of the molecule is CCCOc1ccc(S(=O)(=O)N2CC[C@@H](N(C)C)C2)cc1-c1nc2cc3ncn(Cc4cccc(C#N)c4)c3cc2c(=O)[nH]1. The minimum Gasteiger partial charge on any atom is -0.493 e. The Labute approximate surface area is 255 Å². The lowest BCUT2D eigenvalue weighted by atomic mass is 10.1. The Bertz CT molecular complexity index is 2080. The van der Waals surface area contributed by atoms with E-state index in [1.54, 1.807) is 36.7 Å². The Hall–Kier alpha value is -4.57. The molecule has 0 saturated carbocycles. The summed E-state index contributed by atoms with van der Waals surface area (Å²) in [5, 5.41) is 9.62. The van der Waals surface area contributed by atoms with Gasteiger partial charge in [0.15, 0.2) is 0 Å². The van der Waals surface area contributed by atoms with Crippen LogP contribution in [0.25, 0.3) is 33.3 Å². The van der Waals surface area contributed by atoms with E-state index in [9.17, 15) is 18.5 Å². The third-order valence-corrected chi connectivity index (χ3v) is 9.88. The van der Waals surface area contributed by atoms with Gasteiger partial charge in [0.2, 0.25) is 10.0 Å². The monoisotopic (exact) mass is 611 g/mol. The lowest BCUT2D eigenvalue weighted by Gasteiger charge is -2.21. The Morgan fingerprint density at radius 1 is 1.14 bits per heavy atom. The Morgan fingerprint density at radius 3 is 2.73 bits per heavy atom. The van der Waals surface area contributed by atoms with Gasteiger partial charge < -0.3 is 19.2 Å². The lowest BCUT2D eigenvalue weighted by Crippen LogP contribution is -2.34. The van der Waals surface area contributed by atoms with E-state index >= 15 is 0 Å². The predicted octanol–water partition coefficient (Wildman–Crippen LogP) is 3.97. The fraction of sp³-hybridized carbons (Fsp3) is 0.312. The highest BCUT2D eigenvalue weighted by atomic mass is 32.2. The third-order valence-electron chi connectivity index (χ3n) is 8.02. The van der Waals surface area contributed by atoms with Crippen LogP contribution in [0.4, 0.5) is 0 Å². The quantitative estimate of drug-likeness (QED) is 0.264. The minimum atomic E-state index is -3.78. The molecule has 11 nitrogen and oxygen atoms in total. The first-order chi connectivity index (χ1) is 21.2. The Morgan fingerprint density at radius 2 is 1.98 bits per heavy atom. The maximum atomic E-state index is 13.7. The number of hydrogen-bond acceptors (Lipinski definition) is 8. The Balaban J connectivity index is 1.40. The molecule has 0 amide bonds. The number of H-pyrrole nitrogens is 1. The number of benzene rings is 3. The molecule has 0 unspecified atom stereocenters. The molecule has 1 fully saturated rings. The summed E-state index contributed by atoms with van der Waals surface area (Å²) >= 11 is 0. The summed E-state index contributed by atoms with van der Waals surface area (Å²) < 4.78 is 36.7. The molecule has 226 valence electrons. The maximum absolute atomic E-state index is 13.7. The van der Waals surface area contributed by atoms with Gasteiger partial charge in [0.1, 0.15) is 11.6 Å². The van der Waals surface area contributed by atoms with E-state index in [-0.39, 0.29) is 22.3 Å². The molecule has 3 heterocycles. The van der Waals surface area contributed by atoms with Gasteiger partial charge in [-0.25, -0.2) is 18.4 Å². The van der Waals surface area contributed by atoms with Gasteiger partial charge in [-0.2, -0.15) is 9.57 Å². The molecule has 2 aromatic heterocycles. The van der Waals surface area contributed by atoms with Gasteiger partial charge in [-0.15, -0.1) is 0 Å². The number of nitrogens with zero attached hydrogens (tertiary/aromatic N) is 6. The standard InChI is InChI=1S/C32H33N7O4S/c1-4-12-43-30-9-8-24(44(41,42)39-11-10-23(19-39)37(2)3)14-26(30)31-35-27-16-28-29(15-25(27)32(40)36-31)38(20-34-28)18-22-7-5-6-21(13-22)17-33/h5-9,13-16,20,23H,4,10-12,18-19H2,1-3H3,(H,35,36,40)/t23-/m1/s1. The van der Waals surface area contributed by atoms with E-state index in [0.717, 1.165) is 23.9 Å². The zero-order valence-corrected chi connectivity index (χ0v) is 25.6. The molecule has 6 rings (SSSR count). The molecule has 1 saturated heterocycles. The first kappa shape index (κ1) is 29.5. The molecular weight excluding hydrogens is 578 g/mol. The van der Waals surface area contributed by atoms with Gasteiger partial charge in [0.05, 0.1) is 57.0 Å². The van der Waals surface area contributed by atoms with Crippen molar-refractivity contribution in [2.24, 2.45) is 0 Å². The molecule has 0 bridgehead atoms. The second kappa shape index (κ2) is 11.8. The van der Waals surface area contributed by atoms with Crippen LogP contribution in [-0.4, -0.2) is 77.0 Å². The second-order valence-electron chi connectivity index (χ2n) is 11.2. The van der Waals surface area contributed by atoms with Crippen LogP contribution in [0.2, 0.25) is 0 Å². The first-order valence-electron chi connectivity index (χ1n) is 14.5. The van der Waals surface area contributed by atoms with Crippen molar-refractivity contribution in [1.82, 2.24) is 28.7 Å². The minimum absolute atomic E-state index is 0.119. The zero-order valence-electron chi connectivity index (χ0n) is 24.8. The molecule has 44 heavy (non-hydrogen) atoms. The molecule has 0 radical (unpaired) electrons. The van der Waals surface area contributed by atoms with Crippen molar-refractivity contribution in [3.05, 3.63) is 82.4 Å². The van der Waals surface area contributed by atoms with Crippen LogP contribution in [0, 0.1) is 11.3 Å². The van der Waals surface area contributed by atoms with Crippen LogP contribution in [0.1, 0.15) is 30.9 Å². The number of hydrogen-bond donors (Lipinski definition) is 1. The van der Waals surface area contributed by atoms with Crippen molar-refractivity contribution in [3.63, 3.8) is 0 Å². The molecule has 1 N–H and O–H groups in total. The van der Waals surface area contributed by atoms with Gasteiger partial charge in [0.25, 0.3) is 5.56 Å². The van der Waals surface area contributed by atoms with E-state index < -0.39 is 10.0 Å². The van der Waals surface area contributed by atoms with Crippen molar-refractivity contribution in [2.75, 3.05) is 33.8 Å². The number of nitrogens with one attached hydrogen (secondary N) is 1. The van der Waals surface area contributed by atoms with Crippen molar-refractivity contribution in [3.8, 4) is 23.2 Å². The van der Waals surface area contributed by atoms with Crippen molar-refractivity contribution >= 4 is 32.0 Å². The molecule has 5 aromatic rings. The molecule has 3 aromatic carbocycles. The number of ether oxygens (including phenoxy) is 1. The summed E-state index contributed by atoms with van der Waals surface area (Å²) in [5.41, 5.74) is 3.37. The summed E-state index contributed by atoms with van der Waals surface area (Å²) in [6.45, 7) is 3.73. The van der Waals surface area contributed by atoms with Crippen LogP contribution < -0.4 is 10.3 Å². The fourth-order valence-corrected chi connectivity index (χ4v) is 7.09. The van der Waals surface area contributed by atoms with E-state index in [1.807, 2.05) is 48.7 Å². The largest absolute Gasteiger partial charge is 0.493 e. The molecule has 1 atom stereocenters. The van der Waals surface area contributed by atoms with Crippen molar-refractivity contribution < 1.29 is 13.2 Å². The second-order valence-corrected chi connectivity index (χ2v) is 13.2. The van der Waals surface area contributed by atoms with Crippen LogP contribution >= 0.6 is 0 Å². The van der Waals surface area contributed by atoms with E-state index in [0.29, 0.717) is 59.5 Å². The normalized spacial score (nSPS) is 15.8. The van der Waals surface area contributed by atoms with Crippen LogP contribution in [0.15, 0.2) is 70.6 Å². The van der Waals surface area contributed by atoms with E-state index in [2.05, 4.69) is 16.0 Å². The number of fused-ring (bicyclic) bond motifs is 2. The van der Waals surface area contributed by atoms with Crippen molar-refractivity contribution in [1.29, 1.82) is 5.26 Å². The molecule has 0 aliphatic carbocycles. The average Bonchev–Trinajstić information content (AvgIpc) is 3.68. The van der Waals surface area contributed by atoms with Gasteiger partial charge in [0, 0.05) is 25.7 Å². The lowest BCUT2D eigenvalue weighted by molar-refractivity contribution is 0.302. The number of imidazole rings is 1. The first-order valence-corrected chi connectivity index (χ1v) is 15.9. The topological polar surface area (TPSA) is 137 Å². The fourth-order valence-electron chi connectivity index (χ4n) is 5.57. The average molecular weight is 612 g/mol.